The van der Waals surface area contributed by atoms with Crippen LogP contribution in [0.3, 0.4) is 0 Å². The summed E-state index contributed by atoms with van der Waals surface area (Å²) < 4.78 is 43.1. The van der Waals surface area contributed by atoms with E-state index in [0.29, 0.717) is 10.8 Å². The maximum Gasteiger partial charge on any atom is 0.573 e. The number of thiocarbonyl (C=S) groups is 1. The number of imidazole rings is 1. The van der Waals surface area contributed by atoms with Crippen molar-refractivity contribution in [1.82, 2.24) is 15.0 Å². The van der Waals surface area contributed by atoms with Gasteiger partial charge in [-0.3, -0.25) is 9.99 Å². The molecule has 5 aromatic rings. The van der Waals surface area contributed by atoms with Crippen LogP contribution in [0.4, 0.5) is 18.9 Å². The van der Waals surface area contributed by atoms with Crippen LogP contribution in [-0.2, 0) is 0 Å². The number of aryl methyl sites for hydroxylation is 1. The van der Waals surface area contributed by atoms with E-state index in [4.69, 9.17) is 12.2 Å². The number of halogens is 3. The lowest BCUT2D eigenvalue weighted by molar-refractivity contribution is -0.274. The monoisotopic (exact) mass is 533 g/mol. The second kappa shape index (κ2) is 10.1. The minimum Gasteiger partial charge on any atom is -0.406 e. The zero-order valence-electron chi connectivity index (χ0n) is 20.4. The van der Waals surface area contributed by atoms with E-state index in [1.165, 1.54) is 17.7 Å². The zero-order chi connectivity index (χ0) is 26.9. The Morgan fingerprint density at radius 1 is 1.03 bits per heavy atom. The molecule has 0 aliphatic heterocycles. The second-order valence-corrected chi connectivity index (χ2v) is 9.05. The zero-order valence-corrected chi connectivity index (χ0v) is 21.2. The molecule has 0 bridgehead atoms. The highest BCUT2D eigenvalue weighted by Gasteiger charge is 2.31. The van der Waals surface area contributed by atoms with Gasteiger partial charge >= 0.3 is 6.36 Å². The molecule has 2 N–H and O–H groups in total. The first-order valence-corrected chi connectivity index (χ1v) is 12.0. The third-order valence-electron chi connectivity index (χ3n) is 6.14. The summed E-state index contributed by atoms with van der Waals surface area (Å²) in [5, 5.41) is 9.71. The number of fused-ring (bicyclic) bond motifs is 3. The molecule has 0 fully saturated rings. The highest BCUT2D eigenvalue weighted by Crippen LogP contribution is 2.29. The van der Waals surface area contributed by atoms with Crippen molar-refractivity contribution in [3.8, 4) is 11.4 Å². The average Bonchev–Trinajstić information content (AvgIpc) is 3.31. The van der Waals surface area contributed by atoms with Crippen molar-refractivity contribution >= 4 is 51.0 Å². The summed E-state index contributed by atoms with van der Waals surface area (Å²) in [6.45, 7) is 4.07. The predicted molar refractivity (Wildman–Crippen MR) is 148 cm³/mol. The van der Waals surface area contributed by atoms with Crippen LogP contribution in [0.15, 0.2) is 84.2 Å². The summed E-state index contributed by atoms with van der Waals surface area (Å²) >= 11 is 5.35. The van der Waals surface area contributed by atoms with Gasteiger partial charge in [-0.25, -0.2) is 4.98 Å². The van der Waals surface area contributed by atoms with Gasteiger partial charge in [-0.15, -0.1) is 13.2 Å². The Hall–Kier alpha value is -4.44. The Labute approximate surface area is 221 Å². The molecular weight excluding hydrogens is 511 g/mol. The van der Waals surface area contributed by atoms with Gasteiger partial charge in [-0.05, 0) is 90.6 Å². The highest BCUT2D eigenvalue weighted by atomic mass is 32.1. The van der Waals surface area contributed by atoms with E-state index in [0.717, 1.165) is 38.6 Å². The fourth-order valence-electron chi connectivity index (χ4n) is 4.12. The molecule has 38 heavy (non-hydrogen) atoms. The maximum absolute atomic E-state index is 12.5. The molecule has 10 heteroatoms. The molecule has 0 aliphatic carbocycles. The number of alkyl halides is 3. The topological polar surface area (TPSA) is 63.5 Å². The number of benzene rings is 4. The van der Waals surface area contributed by atoms with E-state index in [9.17, 15) is 13.2 Å². The van der Waals surface area contributed by atoms with E-state index in [1.54, 1.807) is 24.7 Å². The van der Waals surface area contributed by atoms with Crippen molar-refractivity contribution in [2.75, 3.05) is 5.32 Å². The van der Waals surface area contributed by atoms with Crippen molar-refractivity contribution in [3.63, 3.8) is 0 Å². The number of aromatic nitrogens is 2. The van der Waals surface area contributed by atoms with Gasteiger partial charge in [-0.2, -0.15) is 5.10 Å². The molecule has 5 rings (SSSR count). The second-order valence-electron chi connectivity index (χ2n) is 8.64. The minimum absolute atomic E-state index is 0.276. The number of hydrogen-bond acceptors (Lipinski definition) is 4. The van der Waals surface area contributed by atoms with Crippen LogP contribution in [-0.4, -0.2) is 27.2 Å². The highest BCUT2D eigenvalue weighted by molar-refractivity contribution is 7.80. The Morgan fingerprint density at radius 2 is 1.82 bits per heavy atom. The summed E-state index contributed by atoms with van der Waals surface area (Å²) in [5.74, 6) is -0.276. The number of anilines is 1. The van der Waals surface area contributed by atoms with Crippen LogP contribution >= 0.6 is 12.2 Å². The molecule has 0 radical (unpaired) electrons. The van der Waals surface area contributed by atoms with Crippen LogP contribution in [0.5, 0.6) is 5.75 Å². The van der Waals surface area contributed by atoms with E-state index in [-0.39, 0.29) is 5.75 Å². The predicted octanol–water partition coefficient (Wildman–Crippen LogP) is 7.01. The Bertz CT molecular complexity index is 1680. The lowest BCUT2D eigenvalue weighted by atomic mass is 10.1. The Morgan fingerprint density at radius 3 is 2.58 bits per heavy atom. The number of hydrazone groups is 1. The van der Waals surface area contributed by atoms with Gasteiger partial charge in [0.05, 0.1) is 17.2 Å². The molecule has 6 nitrogen and oxygen atoms in total. The van der Waals surface area contributed by atoms with E-state index < -0.39 is 6.36 Å². The maximum atomic E-state index is 12.5. The lowest BCUT2D eigenvalue weighted by Gasteiger charge is -2.11. The molecule has 192 valence electrons. The first-order chi connectivity index (χ1) is 18.2. The van der Waals surface area contributed by atoms with Crippen LogP contribution in [0.1, 0.15) is 16.7 Å². The molecule has 0 amide bonds. The fraction of sp³-hybridized carbons (Fsp3) is 0.107. The van der Waals surface area contributed by atoms with Gasteiger partial charge in [0, 0.05) is 16.8 Å². The van der Waals surface area contributed by atoms with Crippen molar-refractivity contribution in [2.24, 2.45) is 5.10 Å². The molecular formula is C28H22F3N5OS. The standard InChI is InChI=1S/C28H22F3N5OS/c1-17-4-3-5-24(18(17)2)34-27(38)35-33-15-19-6-12-23-20(14-19)7-13-25-26(23)32-16-36(25)21-8-10-22(11-9-21)37-28(29,30)31/h3-16H,1-2H3,(H2,34,35,38)/b33-15+. The van der Waals surface area contributed by atoms with Crippen molar-refractivity contribution in [2.45, 2.75) is 20.2 Å². The van der Waals surface area contributed by atoms with Crippen LogP contribution in [0.2, 0.25) is 0 Å². The number of nitrogens with zero attached hydrogens (tertiary/aromatic N) is 3. The molecule has 0 saturated heterocycles. The van der Waals surface area contributed by atoms with Crippen molar-refractivity contribution in [1.29, 1.82) is 0 Å². The molecule has 0 saturated carbocycles. The summed E-state index contributed by atoms with van der Waals surface area (Å²) in [4.78, 5) is 4.55. The normalized spacial score (nSPS) is 11.8. The number of hydrogen-bond donors (Lipinski definition) is 2. The van der Waals surface area contributed by atoms with Gasteiger partial charge < -0.3 is 10.1 Å². The van der Waals surface area contributed by atoms with Gasteiger partial charge in [0.15, 0.2) is 5.11 Å². The molecule has 1 aromatic heterocycles. The quantitative estimate of drug-likeness (QED) is 0.145. The van der Waals surface area contributed by atoms with Crippen LogP contribution in [0, 0.1) is 13.8 Å². The molecule has 0 unspecified atom stereocenters. The van der Waals surface area contributed by atoms with Crippen molar-refractivity contribution < 1.29 is 17.9 Å². The number of rotatable bonds is 5. The van der Waals surface area contributed by atoms with Gasteiger partial charge in [0.2, 0.25) is 0 Å². The first-order valence-electron chi connectivity index (χ1n) is 11.6. The lowest BCUT2D eigenvalue weighted by Crippen LogP contribution is -2.24. The summed E-state index contributed by atoms with van der Waals surface area (Å²) in [6, 6.07) is 21.4. The van der Waals surface area contributed by atoms with E-state index in [2.05, 4.69) is 25.6 Å². The first kappa shape index (κ1) is 25.2. The molecule has 0 atom stereocenters. The molecule has 0 spiro atoms. The van der Waals surface area contributed by atoms with Gasteiger partial charge in [0.25, 0.3) is 0 Å². The largest absolute Gasteiger partial charge is 0.573 e. The summed E-state index contributed by atoms with van der Waals surface area (Å²) in [6.07, 6.45) is -1.40. The Balaban J connectivity index is 1.32. The third-order valence-corrected chi connectivity index (χ3v) is 6.33. The average molecular weight is 534 g/mol. The van der Waals surface area contributed by atoms with E-state index in [1.807, 2.05) is 66.9 Å². The summed E-state index contributed by atoms with van der Waals surface area (Å²) in [7, 11) is 0. The van der Waals surface area contributed by atoms with Gasteiger partial charge in [0.1, 0.15) is 12.1 Å². The number of nitrogens with one attached hydrogen (secondary N) is 2. The Kier molecular flexibility index (Phi) is 6.73. The SMILES string of the molecule is Cc1cccc(NC(=S)N/N=C/c2ccc3c(ccc4c3ncn4-c3ccc(OC(F)(F)F)cc3)c2)c1C. The third kappa shape index (κ3) is 5.45. The van der Waals surface area contributed by atoms with E-state index >= 15 is 0 Å². The smallest absolute Gasteiger partial charge is 0.406 e. The molecule has 0 aliphatic rings. The van der Waals surface area contributed by atoms with Crippen LogP contribution in [0.25, 0.3) is 27.5 Å². The number of ether oxygens (including phenoxy) is 1. The van der Waals surface area contributed by atoms with Crippen molar-refractivity contribution in [3.05, 3.63) is 95.8 Å². The molecule has 1 heterocycles. The summed E-state index contributed by atoms with van der Waals surface area (Å²) in [5.41, 5.74) is 9.21. The fourth-order valence-corrected chi connectivity index (χ4v) is 4.29. The van der Waals surface area contributed by atoms with Gasteiger partial charge in [-0.1, -0.05) is 30.3 Å². The minimum atomic E-state index is -4.73. The van der Waals surface area contributed by atoms with Crippen LogP contribution < -0.4 is 15.5 Å². The molecule has 4 aromatic carbocycles.